The molecule has 0 aliphatic carbocycles. The number of nitrogens with zero attached hydrogens (tertiary/aromatic N) is 2. The molecule has 0 radical (unpaired) electrons. The molecule has 0 heterocycles. The van der Waals surface area contributed by atoms with E-state index in [1.54, 1.807) is 0 Å². The number of benzene rings is 1. The van der Waals surface area contributed by atoms with Gasteiger partial charge in [-0.3, -0.25) is 14.3 Å². The molecule has 0 spiro atoms. The molecule has 0 bridgehead atoms. The number of nitro groups is 1. The van der Waals surface area contributed by atoms with Crippen LogP contribution in [-0.2, 0) is 14.6 Å². The number of rotatable bonds is 6. The highest BCUT2D eigenvalue weighted by molar-refractivity contribution is 7.80. The van der Waals surface area contributed by atoms with Gasteiger partial charge in [-0.15, -0.1) is 0 Å². The average molecular weight is 351 g/mol. The van der Waals surface area contributed by atoms with Crippen LogP contribution in [0.3, 0.4) is 0 Å². The number of quaternary nitrogens is 1. The van der Waals surface area contributed by atoms with Crippen LogP contribution in [0.4, 0.5) is 11.4 Å². The minimum atomic E-state index is -4.41. The van der Waals surface area contributed by atoms with E-state index in [9.17, 15) is 23.1 Å². The molecule has 1 aromatic carbocycles. The zero-order valence-electron chi connectivity index (χ0n) is 13.4. The molecule has 0 saturated carbocycles. The zero-order chi connectivity index (χ0) is 18.3. The summed E-state index contributed by atoms with van der Waals surface area (Å²) >= 11 is 0. The fraction of sp³-hybridized carbons (Fsp3) is 0.500. The SMILES string of the molecule is COS(=O)(=O)[O-].C[N+](C)(C)CCOc1cc(N)ccc1[N+](=O)[O-]. The molecular weight excluding hydrogens is 330 g/mol. The van der Waals surface area contributed by atoms with E-state index in [1.165, 1.54) is 18.2 Å². The van der Waals surface area contributed by atoms with Crippen molar-refractivity contribution in [3.63, 3.8) is 0 Å². The number of anilines is 1. The summed E-state index contributed by atoms with van der Waals surface area (Å²) in [7, 11) is 2.47. The van der Waals surface area contributed by atoms with Crippen molar-refractivity contribution >= 4 is 21.8 Å². The van der Waals surface area contributed by atoms with Crippen LogP contribution in [0.25, 0.3) is 0 Å². The van der Waals surface area contributed by atoms with Gasteiger partial charge < -0.3 is 19.5 Å². The van der Waals surface area contributed by atoms with Gasteiger partial charge in [0.15, 0.2) is 5.75 Å². The Balaban J connectivity index is 0.000000688. The Morgan fingerprint density at radius 3 is 2.22 bits per heavy atom. The van der Waals surface area contributed by atoms with Crippen molar-refractivity contribution in [1.82, 2.24) is 0 Å². The van der Waals surface area contributed by atoms with Gasteiger partial charge in [0.05, 0.1) is 33.2 Å². The molecule has 132 valence electrons. The van der Waals surface area contributed by atoms with E-state index in [2.05, 4.69) is 4.18 Å². The Bertz CT molecular complexity index is 626. The second kappa shape index (κ2) is 8.62. The number of hydrogen-bond donors (Lipinski definition) is 1. The van der Waals surface area contributed by atoms with E-state index in [1.807, 2.05) is 21.1 Å². The first-order chi connectivity index (χ1) is 10.4. The van der Waals surface area contributed by atoms with Gasteiger partial charge in [-0.1, -0.05) is 0 Å². The molecule has 1 aromatic rings. The van der Waals surface area contributed by atoms with Crippen molar-refractivity contribution in [2.75, 3.05) is 47.1 Å². The first kappa shape index (κ1) is 21.0. The van der Waals surface area contributed by atoms with E-state index < -0.39 is 15.3 Å². The normalized spacial score (nSPS) is 11.3. The Morgan fingerprint density at radius 2 is 1.83 bits per heavy atom. The third-order valence-corrected chi connectivity index (χ3v) is 2.81. The maximum Gasteiger partial charge on any atom is 0.311 e. The molecule has 0 saturated heterocycles. The monoisotopic (exact) mass is 351 g/mol. The van der Waals surface area contributed by atoms with Crippen molar-refractivity contribution in [3.8, 4) is 5.75 Å². The van der Waals surface area contributed by atoms with E-state index in [4.69, 9.17) is 10.5 Å². The van der Waals surface area contributed by atoms with Crippen molar-refractivity contribution in [2.45, 2.75) is 0 Å². The van der Waals surface area contributed by atoms with Gasteiger partial charge in [0.2, 0.25) is 10.4 Å². The highest BCUT2D eigenvalue weighted by Gasteiger charge is 2.16. The van der Waals surface area contributed by atoms with E-state index >= 15 is 0 Å². The van der Waals surface area contributed by atoms with E-state index in [0.29, 0.717) is 12.3 Å². The highest BCUT2D eigenvalue weighted by atomic mass is 32.3. The molecule has 0 aliphatic heterocycles. The van der Waals surface area contributed by atoms with Crippen LogP contribution in [0, 0.1) is 10.1 Å². The van der Waals surface area contributed by atoms with Gasteiger partial charge >= 0.3 is 5.69 Å². The minimum Gasteiger partial charge on any atom is -0.726 e. The third kappa shape index (κ3) is 10.4. The fourth-order valence-electron chi connectivity index (χ4n) is 1.23. The summed E-state index contributed by atoms with van der Waals surface area (Å²) < 4.78 is 37.2. The summed E-state index contributed by atoms with van der Waals surface area (Å²) in [5.74, 6) is 0.225. The van der Waals surface area contributed by atoms with Gasteiger partial charge in [0, 0.05) is 17.8 Å². The van der Waals surface area contributed by atoms with Gasteiger partial charge in [0.1, 0.15) is 13.2 Å². The Morgan fingerprint density at radius 1 is 1.30 bits per heavy atom. The third-order valence-electron chi connectivity index (χ3n) is 2.40. The number of hydrogen-bond acceptors (Lipinski definition) is 8. The molecule has 0 atom stereocenters. The first-order valence-corrected chi connectivity index (χ1v) is 7.67. The van der Waals surface area contributed by atoms with E-state index in [-0.39, 0.29) is 11.4 Å². The number of likely N-dealkylation sites (N-methyl/N-ethyl adjacent to an activating group) is 1. The van der Waals surface area contributed by atoms with Crippen LogP contribution in [0.2, 0.25) is 0 Å². The predicted octanol–water partition coefficient (Wildman–Crippen LogP) is 0.355. The molecule has 0 unspecified atom stereocenters. The van der Waals surface area contributed by atoms with Crippen LogP contribution in [0.5, 0.6) is 5.75 Å². The molecule has 23 heavy (non-hydrogen) atoms. The number of ether oxygens (including phenoxy) is 1. The molecule has 10 nitrogen and oxygen atoms in total. The summed E-state index contributed by atoms with van der Waals surface area (Å²) in [4.78, 5) is 10.3. The molecule has 1 rings (SSSR count). The first-order valence-electron chi connectivity index (χ1n) is 6.34. The quantitative estimate of drug-likeness (QED) is 0.193. The second-order valence-corrected chi connectivity index (χ2v) is 6.57. The standard InChI is InChI=1S/C11H18N3O3.CH4O4S/c1-14(2,3)6-7-17-11-8-9(12)4-5-10(11)13(15)16;1-5-6(2,3)4/h4-5,8H,6-7,12H2,1-3H3;1H3,(H,2,3,4)/q+1;/p-1. The van der Waals surface area contributed by atoms with Gasteiger partial charge in [-0.05, 0) is 6.07 Å². The molecule has 11 heteroatoms. The molecule has 0 fully saturated rings. The average Bonchev–Trinajstić information content (AvgIpc) is 2.37. The molecule has 0 aromatic heterocycles. The van der Waals surface area contributed by atoms with Gasteiger partial charge in [-0.25, -0.2) is 8.42 Å². The lowest BCUT2D eigenvalue weighted by Gasteiger charge is -2.23. The topological polar surface area (TPSA) is 145 Å². The summed E-state index contributed by atoms with van der Waals surface area (Å²) in [6, 6.07) is 4.33. The zero-order valence-corrected chi connectivity index (χ0v) is 14.2. The van der Waals surface area contributed by atoms with Crippen LogP contribution in [-0.4, -0.2) is 63.8 Å². The summed E-state index contributed by atoms with van der Waals surface area (Å²) in [6.45, 7) is 1.17. The maximum atomic E-state index is 10.8. The summed E-state index contributed by atoms with van der Waals surface area (Å²) in [6.07, 6.45) is 0. The van der Waals surface area contributed by atoms with Crippen molar-refractivity contribution in [3.05, 3.63) is 28.3 Å². The highest BCUT2D eigenvalue weighted by Crippen LogP contribution is 2.28. The number of nitrogens with two attached hydrogens (primary N) is 1. The lowest BCUT2D eigenvalue weighted by Crippen LogP contribution is -2.38. The van der Waals surface area contributed by atoms with Crippen molar-refractivity contribution in [1.29, 1.82) is 0 Å². The molecule has 2 N–H and O–H groups in total. The van der Waals surface area contributed by atoms with Crippen molar-refractivity contribution < 1.29 is 31.3 Å². The molecular formula is C12H21N3O7S. The second-order valence-electron chi connectivity index (χ2n) is 5.42. The van der Waals surface area contributed by atoms with E-state index in [0.717, 1.165) is 18.1 Å². The lowest BCUT2D eigenvalue weighted by atomic mass is 10.2. The predicted molar refractivity (Wildman–Crippen MR) is 82.6 cm³/mol. The molecule has 0 amide bonds. The fourth-order valence-corrected chi connectivity index (χ4v) is 1.23. The Hall–Kier alpha value is -1.95. The largest absolute Gasteiger partial charge is 0.726 e. The van der Waals surface area contributed by atoms with Crippen molar-refractivity contribution in [2.24, 2.45) is 0 Å². The van der Waals surface area contributed by atoms with Crippen LogP contribution >= 0.6 is 0 Å². The van der Waals surface area contributed by atoms with Crippen LogP contribution < -0.4 is 10.5 Å². The van der Waals surface area contributed by atoms with Crippen LogP contribution in [0.15, 0.2) is 18.2 Å². The number of nitro benzene ring substituents is 1. The van der Waals surface area contributed by atoms with Gasteiger partial charge in [0.25, 0.3) is 0 Å². The summed E-state index contributed by atoms with van der Waals surface area (Å²) in [5.41, 5.74) is 5.98. The van der Waals surface area contributed by atoms with Gasteiger partial charge in [-0.2, -0.15) is 0 Å². The Kier molecular flexibility index (Phi) is 7.89. The lowest BCUT2D eigenvalue weighted by molar-refractivity contribution is -0.870. The minimum absolute atomic E-state index is 0.0550. The number of nitrogen functional groups attached to an aromatic ring is 1. The summed E-state index contributed by atoms with van der Waals surface area (Å²) in [5, 5.41) is 10.8. The Labute approximate surface area is 135 Å². The maximum absolute atomic E-state index is 10.8. The smallest absolute Gasteiger partial charge is 0.311 e. The van der Waals surface area contributed by atoms with Crippen LogP contribution in [0.1, 0.15) is 0 Å². The molecule has 0 aliphatic rings.